The van der Waals surface area contributed by atoms with Gasteiger partial charge in [0.15, 0.2) is 0 Å². The molecule has 0 spiro atoms. The van der Waals surface area contributed by atoms with Gasteiger partial charge in [-0.1, -0.05) is 19.3 Å². The van der Waals surface area contributed by atoms with Crippen LogP contribution in [-0.4, -0.2) is 15.9 Å². The van der Waals surface area contributed by atoms with Crippen LogP contribution in [0.25, 0.3) is 0 Å². The molecule has 3 rings (SSSR count). The third kappa shape index (κ3) is 2.99. The van der Waals surface area contributed by atoms with Crippen LogP contribution in [0.1, 0.15) is 62.2 Å². The summed E-state index contributed by atoms with van der Waals surface area (Å²) in [5.74, 6) is 1.38. The number of imidazole rings is 1. The van der Waals surface area contributed by atoms with Crippen LogP contribution in [0.5, 0.6) is 0 Å². The zero-order valence-corrected chi connectivity index (χ0v) is 11.5. The standard InChI is InChI=1S/C15H23N3O/c19-15(11-6-2-1-3-7-11)16-10-14-17-12-8-4-5-9-13(12)18-14/h11H,1-10H2,(H,16,19)(H,17,18). The zero-order valence-electron chi connectivity index (χ0n) is 11.5. The second kappa shape index (κ2) is 5.76. The number of carbonyl (C=O) groups is 1. The SMILES string of the molecule is O=C(NCc1nc2c([nH]1)CCCC2)C1CCCCC1. The average Bonchev–Trinajstić information content (AvgIpc) is 2.88. The summed E-state index contributed by atoms with van der Waals surface area (Å²) in [7, 11) is 0. The molecule has 2 aliphatic carbocycles. The number of amides is 1. The monoisotopic (exact) mass is 261 g/mol. The molecule has 1 saturated carbocycles. The highest BCUT2D eigenvalue weighted by Gasteiger charge is 2.21. The van der Waals surface area contributed by atoms with Gasteiger partial charge in [-0.3, -0.25) is 4.79 Å². The van der Waals surface area contributed by atoms with Crippen molar-refractivity contribution in [3.63, 3.8) is 0 Å². The predicted octanol–water partition coefficient (Wildman–Crippen LogP) is 2.49. The summed E-state index contributed by atoms with van der Waals surface area (Å²) in [6.45, 7) is 0.558. The van der Waals surface area contributed by atoms with Gasteiger partial charge in [0.2, 0.25) is 5.91 Å². The Kier molecular flexibility index (Phi) is 3.85. The highest BCUT2D eigenvalue weighted by molar-refractivity contribution is 5.78. The summed E-state index contributed by atoms with van der Waals surface area (Å²) in [6, 6.07) is 0. The number of carbonyl (C=O) groups excluding carboxylic acids is 1. The Morgan fingerprint density at radius 2 is 1.95 bits per heavy atom. The molecule has 2 N–H and O–H groups in total. The van der Waals surface area contributed by atoms with E-state index in [0.717, 1.165) is 31.5 Å². The maximum atomic E-state index is 12.1. The Balaban J connectivity index is 1.53. The van der Waals surface area contributed by atoms with Crippen LogP contribution in [0, 0.1) is 5.92 Å². The molecule has 0 unspecified atom stereocenters. The maximum absolute atomic E-state index is 12.1. The smallest absolute Gasteiger partial charge is 0.223 e. The van der Waals surface area contributed by atoms with Crippen molar-refractivity contribution in [2.45, 2.75) is 64.3 Å². The lowest BCUT2D eigenvalue weighted by molar-refractivity contribution is -0.126. The van der Waals surface area contributed by atoms with E-state index in [1.165, 1.54) is 43.5 Å². The van der Waals surface area contributed by atoms with Gasteiger partial charge in [0.1, 0.15) is 5.82 Å². The van der Waals surface area contributed by atoms with Crippen LogP contribution in [0.4, 0.5) is 0 Å². The summed E-state index contributed by atoms with van der Waals surface area (Å²) < 4.78 is 0. The van der Waals surface area contributed by atoms with Gasteiger partial charge in [-0.2, -0.15) is 0 Å². The molecule has 1 amide bonds. The first-order valence-corrected chi connectivity index (χ1v) is 7.67. The van der Waals surface area contributed by atoms with Crippen LogP contribution in [0.3, 0.4) is 0 Å². The first-order chi connectivity index (χ1) is 9.33. The second-order valence-corrected chi connectivity index (χ2v) is 5.87. The Morgan fingerprint density at radius 1 is 1.16 bits per heavy atom. The van der Waals surface area contributed by atoms with Gasteiger partial charge in [-0.05, 0) is 38.5 Å². The van der Waals surface area contributed by atoms with Gasteiger partial charge in [-0.25, -0.2) is 4.98 Å². The lowest BCUT2D eigenvalue weighted by Gasteiger charge is -2.20. The molecule has 0 bridgehead atoms. The molecule has 1 aromatic rings. The van der Waals surface area contributed by atoms with E-state index in [0.29, 0.717) is 6.54 Å². The van der Waals surface area contributed by atoms with Crippen LogP contribution in [-0.2, 0) is 24.2 Å². The van der Waals surface area contributed by atoms with Crippen molar-refractivity contribution < 1.29 is 4.79 Å². The average molecular weight is 261 g/mol. The molecule has 19 heavy (non-hydrogen) atoms. The van der Waals surface area contributed by atoms with Crippen LogP contribution < -0.4 is 5.32 Å². The van der Waals surface area contributed by atoms with E-state index in [-0.39, 0.29) is 11.8 Å². The molecule has 0 saturated heterocycles. The maximum Gasteiger partial charge on any atom is 0.223 e. The highest BCUT2D eigenvalue weighted by atomic mass is 16.1. The van der Waals surface area contributed by atoms with Gasteiger partial charge >= 0.3 is 0 Å². The number of hydrogen-bond donors (Lipinski definition) is 2. The number of nitrogens with one attached hydrogen (secondary N) is 2. The Morgan fingerprint density at radius 3 is 2.74 bits per heavy atom. The van der Waals surface area contributed by atoms with Crippen molar-refractivity contribution in [2.24, 2.45) is 5.92 Å². The second-order valence-electron chi connectivity index (χ2n) is 5.87. The number of H-pyrrole nitrogens is 1. The molecule has 1 heterocycles. The predicted molar refractivity (Wildman–Crippen MR) is 73.7 cm³/mol. The Bertz CT molecular complexity index is 423. The molecular formula is C15H23N3O. The third-order valence-electron chi connectivity index (χ3n) is 4.41. The molecule has 0 radical (unpaired) electrons. The summed E-state index contributed by atoms with van der Waals surface area (Å²) in [5, 5.41) is 3.05. The minimum atomic E-state index is 0.217. The molecule has 0 atom stereocenters. The molecule has 1 fully saturated rings. The molecule has 4 nitrogen and oxygen atoms in total. The van der Waals surface area contributed by atoms with E-state index in [9.17, 15) is 4.79 Å². The van der Waals surface area contributed by atoms with Crippen LogP contribution in [0.15, 0.2) is 0 Å². The van der Waals surface area contributed by atoms with Gasteiger partial charge in [0.05, 0.1) is 12.2 Å². The lowest BCUT2D eigenvalue weighted by Crippen LogP contribution is -2.31. The minimum Gasteiger partial charge on any atom is -0.349 e. The first kappa shape index (κ1) is 12.7. The van der Waals surface area contributed by atoms with Gasteiger partial charge < -0.3 is 10.3 Å². The Labute approximate surface area is 114 Å². The molecule has 104 valence electrons. The molecular weight excluding hydrogens is 238 g/mol. The number of rotatable bonds is 3. The van der Waals surface area contributed by atoms with E-state index in [2.05, 4.69) is 15.3 Å². The fraction of sp³-hybridized carbons (Fsp3) is 0.733. The number of fused-ring (bicyclic) bond motifs is 1. The summed E-state index contributed by atoms with van der Waals surface area (Å²) in [4.78, 5) is 20.0. The van der Waals surface area contributed by atoms with Crippen molar-refractivity contribution in [1.29, 1.82) is 0 Å². The third-order valence-corrected chi connectivity index (χ3v) is 4.41. The largest absolute Gasteiger partial charge is 0.349 e. The number of aromatic nitrogens is 2. The quantitative estimate of drug-likeness (QED) is 0.878. The van der Waals surface area contributed by atoms with Crippen LogP contribution >= 0.6 is 0 Å². The molecule has 4 heteroatoms. The van der Waals surface area contributed by atoms with E-state index in [1.54, 1.807) is 0 Å². The van der Waals surface area contributed by atoms with Crippen LogP contribution in [0.2, 0.25) is 0 Å². The number of nitrogens with zero attached hydrogens (tertiary/aromatic N) is 1. The molecule has 2 aliphatic rings. The number of hydrogen-bond acceptors (Lipinski definition) is 2. The van der Waals surface area contributed by atoms with Crippen molar-refractivity contribution in [3.05, 3.63) is 17.2 Å². The van der Waals surface area contributed by atoms with E-state index >= 15 is 0 Å². The van der Waals surface area contributed by atoms with E-state index < -0.39 is 0 Å². The van der Waals surface area contributed by atoms with Crippen molar-refractivity contribution in [1.82, 2.24) is 15.3 Å². The summed E-state index contributed by atoms with van der Waals surface area (Å²) >= 11 is 0. The van der Waals surface area contributed by atoms with E-state index in [4.69, 9.17) is 0 Å². The molecule has 0 aliphatic heterocycles. The first-order valence-electron chi connectivity index (χ1n) is 7.67. The van der Waals surface area contributed by atoms with Gasteiger partial charge in [0, 0.05) is 11.6 Å². The van der Waals surface area contributed by atoms with Gasteiger partial charge in [0.25, 0.3) is 0 Å². The number of aryl methyl sites for hydroxylation is 2. The van der Waals surface area contributed by atoms with Crippen molar-refractivity contribution in [2.75, 3.05) is 0 Å². The van der Waals surface area contributed by atoms with Gasteiger partial charge in [-0.15, -0.1) is 0 Å². The highest BCUT2D eigenvalue weighted by Crippen LogP contribution is 2.23. The van der Waals surface area contributed by atoms with Crippen molar-refractivity contribution >= 4 is 5.91 Å². The molecule has 0 aromatic carbocycles. The zero-order chi connectivity index (χ0) is 13.1. The lowest BCUT2D eigenvalue weighted by atomic mass is 9.89. The fourth-order valence-corrected chi connectivity index (χ4v) is 3.28. The Hall–Kier alpha value is -1.32. The van der Waals surface area contributed by atoms with Crippen molar-refractivity contribution in [3.8, 4) is 0 Å². The minimum absolute atomic E-state index is 0.217. The number of aromatic amines is 1. The topological polar surface area (TPSA) is 57.8 Å². The molecule has 1 aromatic heterocycles. The fourth-order valence-electron chi connectivity index (χ4n) is 3.28. The van der Waals surface area contributed by atoms with E-state index in [1.807, 2.05) is 0 Å². The normalized spacial score (nSPS) is 20.0. The summed E-state index contributed by atoms with van der Waals surface area (Å²) in [5.41, 5.74) is 2.50. The summed E-state index contributed by atoms with van der Waals surface area (Å²) in [6.07, 6.45) is 10.5.